The number of hydrogen-bond acceptors (Lipinski definition) is 6. The summed E-state index contributed by atoms with van der Waals surface area (Å²) in [5.41, 5.74) is 1.00. The normalized spacial score (nSPS) is 15.3. The second kappa shape index (κ2) is 9.07. The topological polar surface area (TPSA) is 91.4 Å². The number of aryl methyl sites for hydroxylation is 1. The van der Waals surface area contributed by atoms with E-state index in [1.54, 1.807) is 13.1 Å². The lowest BCUT2D eigenvalue weighted by molar-refractivity contribution is -0.145. The first kappa shape index (κ1) is 22.9. The van der Waals surface area contributed by atoms with Crippen LogP contribution in [0.3, 0.4) is 0 Å². The SMILES string of the molecule is CC1CN(c2cccc(Cl)c2)c2nc3c(c(=O)n(CC(=O)OCc4ccccc4)c(=O)n3C)n2C1. The van der Waals surface area contributed by atoms with Crippen molar-refractivity contribution >= 4 is 40.4 Å². The summed E-state index contributed by atoms with van der Waals surface area (Å²) in [6.45, 7) is 2.88. The first-order valence-electron chi connectivity index (χ1n) is 11.3. The molecule has 0 spiro atoms. The highest BCUT2D eigenvalue weighted by molar-refractivity contribution is 6.30. The van der Waals surface area contributed by atoms with Crippen LogP contribution in [0.4, 0.5) is 11.6 Å². The lowest BCUT2D eigenvalue weighted by Crippen LogP contribution is -2.42. The maximum absolute atomic E-state index is 13.5. The fraction of sp³-hybridized carbons (Fsp3) is 0.280. The van der Waals surface area contributed by atoms with E-state index in [1.165, 1.54) is 4.57 Å². The number of esters is 1. The van der Waals surface area contributed by atoms with Crippen molar-refractivity contribution in [2.24, 2.45) is 13.0 Å². The Kier molecular flexibility index (Phi) is 5.94. The summed E-state index contributed by atoms with van der Waals surface area (Å²) in [7, 11) is 1.54. The first-order valence-corrected chi connectivity index (χ1v) is 11.6. The van der Waals surface area contributed by atoms with E-state index in [9.17, 15) is 14.4 Å². The van der Waals surface area contributed by atoms with E-state index in [0.29, 0.717) is 24.1 Å². The van der Waals surface area contributed by atoms with Crippen molar-refractivity contribution in [3.63, 3.8) is 0 Å². The number of nitrogens with zero attached hydrogens (tertiary/aromatic N) is 5. The molecule has 0 bridgehead atoms. The van der Waals surface area contributed by atoms with Crippen molar-refractivity contribution in [3.05, 3.63) is 86.0 Å². The van der Waals surface area contributed by atoms with Gasteiger partial charge in [0.15, 0.2) is 11.2 Å². The number of imidazole rings is 1. The van der Waals surface area contributed by atoms with Crippen molar-refractivity contribution in [2.75, 3.05) is 11.4 Å². The second-order valence-electron chi connectivity index (χ2n) is 8.77. The number of hydrogen-bond donors (Lipinski definition) is 0. The molecule has 0 saturated carbocycles. The number of carbonyl (C=O) groups excluding carboxylic acids is 1. The van der Waals surface area contributed by atoms with Crippen molar-refractivity contribution in [1.29, 1.82) is 0 Å². The first-order chi connectivity index (χ1) is 16.8. The average Bonchev–Trinajstić information content (AvgIpc) is 3.23. The minimum atomic E-state index is -0.667. The van der Waals surface area contributed by atoms with Gasteiger partial charge >= 0.3 is 11.7 Å². The highest BCUT2D eigenvalue weighted by Gasteiger charge is 2.30. The van der Waals surface area contributed by atoms with Gasteiger partial charge in [-0.15, -0.1) is 0 Å². The Morgan fingerprint density at radius 2 is 1.89 bits per heavy atom. The molecule has 2 aromatic carbocycles. The van der Waals surface area contributed by atoms with Gasteiger partial charge in [0, 0.05) is 30.8 Å². The smallest absolute Gasteiger partial charge is 0.333 e. The summed E-state index contributed by atoms with van der Waals surface area (Å²) in [5, 5.41) is 0.590. The fourth-order valence-electron chi connectivity index (χ4n) is 4.42. The Bertz CT molecular complexity index is 1540. The van der Waals surface area contributed by atoms with Crippen LogP contribution in [0, 0.1) is 5.92 Å². The number of aromatic nitrogens is 4. The predicted octanol–water partition coefficient (Wildman–Crippen LogP) is 3.08. The summed E-state index contributed by atoms with van der Waals surface area (Å²) in [4.78, 5) is 45.7. The molecule has 2 aromatic heterocycles. The number of carbonyl (C=O) groups is 1. The van der Waals surface area contributed by atoms with Gasteiger partial charge in [0.25, 0.3) is 5.56 Å². The van der Waals surface area contributed by atoms with Gasteiger partial charge in [-0.3, -0.25) is 14.2 Å². The molecule has 0 aliphatic carbocycles. The molecule has 0 amide bonds. The van der Waals surface area contributed by atoms with Gasteiger partial charge in [0.2, 0.25) is 5.95 Å². The van der Waals surface area contributed by atoms with Crippen LogP contribution in [0.25, 0.3) is 11.2 Å². The average molecular weight is 494 g/mol. The molecule has 9 nitrogen and oxygen atoms in total. The van der Waals surface area contributed by atoms with Crippen LogP contribution in [0.5, 0.6) is 0 Å². The number of rotatable bonds is 5. The molecule has 10 heteroatoms. The Hall–Kier alpha value is -3.85. The lowest BCUT2D eigenvalue weighted by atomic mass is 10.1. The molecule has 1 aliphatic rings. The third kappa shape index (κ3) is 4.23. The van der Waals surface area contributed by atoms with Crippen LogP contribution in [0.15, 0.2) is 64.2 Å². The Balaban J connectivity index is 1.55. The molecule has 5 rings (SSSR count). The quantitative estimate of drug-likeness (QED) is 0.397. The maximum atomic E-state index is 13.5. The molecule has 1 aliphatic heterocycles. The molecule has 1 atom stereocenters. The molecule has 0 fully saturated rings. The van der Waals surface area contributed by atoms with E-state index in [1.807, 2.05) is 58.0 Å². The van der Waals surface area contributed by atoms with Crippen LogP contribution < -0.4 is 16.1 Å². The summed E-state index contributed by atoms with van der Waals surface area (Å²) < 4.78 is 9.33. The summed E-state index contributed by atoms with van der Waals surface area (Å²) >= 11 is 6.22. The van der Waals surface area contributed by atoms with Gasteiger partial charge in [0.05, 0.1) is 0 Å². The zero-order valence-electron chi connectivity index (χ0n) is 19.3. The molecule has 0 saturated heterocycles. The summed E-state index contributed by atoms with van der Waals surface area (Å²) in [5.74, 6) is 0.0800. The molecule has 1 unspecified atom stereocenters. The number of ether oxygens (including phenoxy) is 1. The van der Waals surface area contributed by atoms with E-state index in [-0.39, 0.29) is 23.7 Å². The second-order valence-corrected chi connectivity index (χ2v) is 9.21. The van der Waals surface area contributed by atoms with Crippen LogP contribution in [0.2, 0.25) is 5.02 Å². The zero-order chi connectivity index (χ0) is 24.7. The Morgan fingerprint density at radius 3 is 2.63 bits per heavy atom. The third-order valence-electron chi connectivity index (χ3n) is 6.09. The van der Waals surface area contributed by atoms with Gasteiger partial charge in [-0.1, -0.05) is 54.9 Å². The Labute approximate surface area is 205 Å². The van der Waals surface area contributed by atoms with E-state index < -0.39 is 23.8 Å². The predicted molar refractivity (Wildman–Crippen MR) is 133 cm³/mol. The fourth-order valence-corrected chi connectivity index (χ4v) is 4.60. The van der Waals surface area contributed by atoms with Gasteiger partial charge in [-0.05, 0) is 29.7 Å². The van der Waals surface area contributed by atoms with E-state index >= 15 is 0 Å². The van der Waals surface area contributed by atoms with Crippen molar-refractivity contribution in [3.8, 4) is 0 Å². The number of halogens is 1. The van der Waals surface area contributed by atoms with Gasteiger partial charge in [0.1, 0.15) is 13.2 Å². The Morgan fingerprint density at radius 1 is 1.11 bits per heavy atom. The summed E-state index contributed by atoms with van der Waals surface area (Å²) in [6.07, 6.45) is 0. The highest BCUT2D eigenvalue weighted by Crippen LogP contribution is 2.33. The molecule has 0 radical (unpaired) electrons. The largest absolute Gasteiger partial charge is 0.459 e. The van der Waals surface area contributed by atoms with Crippen LogP contribution in [-0.2, 0) is 36.3 Å². The maximum Gasteiger partial charge on any atom is 0.333 e. The van der Waals surface area contributed by atoms with Gasteiger partial charge in [-0.2, -0.15) is 4.98 Å². The molecule has 3 heterocycles. The van der Waals surface area contributed by atoms with E-state index in [2.05, 4.69) is 11.9 Å². The van der Waals surface area contributed by atoms with Crippen molar-refractivity contribution in [2.45, 2.75) is 26.6 Å². The van der Waals surface area contributed by atoms with Crippen LogP contribution >= 0.6 is 11.6 Å². The highest BCUT2D eigenvalue weighted by atomic mass is 35.5. The van der Waals surface area contributed by atoms with Crippen molar-refractivity contribution < 1.29 is 9.53 Å². The van der Waals surface area contributed by atoms with Gasteiger partial charge < -0.3 is 14.2 Å². The third-order valence-corrected chi connectivity index (χ3v) is 6.33. The lowest BCUT2D eigenvalue weighted by Gasteiger charge is -2.33. The summed E-state index contributed by atoms with van der Waals surface area (Å²) in [6, 6.07) is 16.6. The number of benzene rings is 2. The standard InChI is InChI=1S/C25H24ClN5O4/c1-16-12-29(19-10-6-9-18(26)11-19)24-27-22-21(30(24)13-16)23(33)31(25(34)28(22)2)14-20(32)35-15-17-7-4-3-5-8-17/h3-11,16H,12-15H2,1-2H3. The van der Waals surface area contributed by atoms with Crippen molar-refractivity contribution in [1.82, 2.24) is 18.7 Å². The minimum Gasteiger partial charge on any atom is -0.459 e. The molecule has 35 heavy (non-hydrogen) atoms. The van der Waals surface area contributed by atoms with Crippen LogP contribution in [-0.4, -0.2) is 31.2 Å². The monoisotopic (exact) mass is 493 g/mol. The number of anilines is 2. The molecular formula is C25H24ClN5O4. The van der Waals surface area contributed by atoms with E-state index in [4.69, 9.17) is 16.3 Å². The molecular weight excluding hydrogens is 470 g/mol. The molecule has 180 valence electrons. The van der Waals surface area contributed by atoms with Gasteiger partial charge in [-0.25, -0.2) is 9.36 Å². The van der Waals surface area contributed by atoms with E-state index in [0.717, 1.165) is 15.8 Å². The number of fused-ring (bicyclic) bond motifs is 3. The minimum absolute atomic E-state index is 0.0607. The molecule has 4 aromatic rings. The molecule has 0 N–H and O–H groups in total. The van der Waals surface area contributed by atoms with Crippen LogP contribution in [0.1, 0.15) is 12.5 Å². The zero-order valence-corrected chi connectivity index (χ0v) is 20.1.